The van der Waals surface area contributed by atoms with Gasteiger partial charge in [0, 0.05) is 17.8 Å². The zero-order valence-corrected chi connectivity index (χ0v) is 16.3. The fourth-order valence-electron chi connectivity index (χ4n) is 2.88. The SMILES string of the molecule is CCC(=O)Nc1cccc(NC(=S)NC(=O)Cc2cccc3ccccc23)c1. The fraction of sp³-hybridized carbons (Fsp3) is 0.136. The topological polar surface area (TPSA) is 70.2 Å². The summed E-state index contributed by atoms with van der Waals surface area (Å²) in [5.74, 6) is -0.257. The van der Waals surface area contributed by atoms with Gasteiger partial charge in [-0.05, 0) is 46.8 Å². The highest BCUT2D eigenvalue weighted by molar-refractivity contribution is 7.80. The molecule has 0 radical (unpaired) electrons. The molecule has 142 valence electrons. The lowest BCUT2D eigenvalue weighted by Gasteiger charge is -2.12. The second-order valence-electron chi connectivity index (χ2n) is 6.30. The first kappa shape index (κ1) is 19.5. The van der Waals surface area contributed by atoms with Gasteiger partial charge in [-0.3, -0.25) is 9.59 Å². The van der Waals surface area contributed by atoms with E-state index in [1.54, 1.807) is 25.1 Å². The Morgan fingerprint density at radius 1 is 0.857 bits per heavy atom. The van der Waals surface area contributed by atoms with Crippen molar-refractivity contribution in [3.63, 3.8) is 0 Å². The molecule has 0 fully saturated rings. The van der Waals surface area contributed by atoms with Gasteiger partial charge in [-0.2, -0.15) is 0 Å². The van der Waals surface area contributed by atoms with Crippen LogP contribution in [0.4, 0.5) is 11.4 Å². The first-order chi connectivity index (χ1) is 13.5. The molecule has 6 heteroatoms. The van der Waals surface area contributed by atoms with Crippen LogP contribution in [0.3, 0.4) is 0 Å². The Balaban J connectivity index is 1.61. The Kier molecular flexibility index (Phi) is 6.34. The first-order valence-corrected chi connectivity index (χ1v) is 9.43. The third-order valence-corrected chi connectivity index (χ3v) is 4.41. The number of carbonyl (C=O) groups is 2. The standard InChI is InChI=1S/C22H21N3O2S/c1-2-20(26)23-17-10-6-11-18(14-17)24-22(28)25-21(27)13-16-9-5-8-15-7-3-4-12-19(15)16/h3-12,14H,2,13H2,1H3,(H,23,26)(H2,24,25,27,28). The monoisotopic (exact) mass is 391 g/mol. The first-order valence-electron chi connectivity index (χ1n) is 9.02. The van der Waals surface area contributed by atoms with E-state index >= 15 is 0 Å². The van der Waals surface area contributed by atoms with Crippen LogP contribution >= 0.6 is 12.2 Å². The molecule has 0 bridgehead atoms. The predicted molar refractivity (Wildman–Crippen MR) is 117 cm³/mol. The molecule has 3 N–H and O–H groups in total. The summed E-state index contributed by atoms with van der Waals surface area (Å²) in [5.41, 5.74) is 2.30. The molecule has 0 saturated carbocycles. The highest BCUT2D eigenvalue weighted by Crippen LogP contribution is 2.19. The molecule has 0 atom stereocenters. The number of hydrogen-bond acceptors (Lipinski definition) is 3. The molecule has 5 nitrogen and oxygen atoms in total. The second kappa shape index (κ2) is 9.10. The summed E-state index contributed by atoms with van der Waals surface area (Å²) in [6.45, 7) is 1.79. The Morgan fingerprint density at radius 2 is 1.54 bits per heavy atom. The van der Waals surface area contributed by atoms with E-state index < -0.39 is 0 Å². The number of anilines is 2. The van der Waals surface area contributed by atoms with E-state index in [0.29, 0.717) is 17.8 Å². The Labute approximate surface area is 169 Å². The lowest BCUT2D eigenvalue weighted by molar-refractivity contribution is -0.119. The van der Waals surface area contributed by atoms with Crippen LogP contribution in [-0.2, 0) is 16.0 Å². The van der Waals surface area contributed by atoms with Crippen LogP contribution in [0.5, 0.6) is 0 Å². The van der Waals surface area contributed by atoms with Crippen LogP contribution in [0.25, 0.3) is 10.8 Å². The van der Waals surface area contributed by atoms with Crippen molar-refractivity contribution in [2.75, 3.05) is 10.6 Å². The molecule has 0 unspecified atom stereocenters. The van der Waals surface area contributed by atoms with Crippen LogP contribution in [0, 0.1) is 0 Å². The quantitative estimate of drug-likeness (QED) is 0.569. The van der Waals surface area contributed by atoms with Crippen molar-refractivity contribution in [1.29, 1.82) is 0 Å². The number of thiocarbonyl (C=S) groups is 1. The van der Waals surface area contributed by atoms with E-state index in [0.717, 1.165) is 16.3 Å². The smallest absolute Gasteiger partial charge is 0.230 e. The minimum Gasteiger partial charge on any atom is -0.332 e. The molecule has 3 rings (SSSR count). The molecule has 3 aromatic carbocycles. The molecule has 2 amide bonds. The Bertz CT molecular complexity index is 1030. The molecule has 0 aliphatic carbocycles. The molecule has 0 aromatic heterocycles. The van der Waals surface area contributed by atoms with Gasteiger partial charge in [0.25, 0.3) is 0 Å². The van der Waals surface area contributed by atoms with Gasteiger partial charge in [0.2, 0.25) is 11.8 Å². The largest absolute Gasteiger partial charge is 0.332 e. The number of amides is 2. The Morgan fingerprint density at radius 3 is 2.32 bits per heavy atom. The zero-order chi connectivity index (χ0) is 19.9. The molecule has 0 spiro atoms. The van der Waals surface area contributed by atoms with Crippen LogP contribution in [0.2, 0.25) is 0 Å². The van der Waals surface area contributed by atoms with Gasteiger partial charge in [0.15, 0.2) is 5.11 Å². The summed E-state index contributed by atoms with van der Waals surface area (Å²) >= 11 is 5.25. The highest BCUT2D eigenvalue weighted by Gasteiger charge is 2.09. The summed E-state index contributed by atoms with van der Waals surface area (Å²) in [6.07, 6.45) is 0.635. The molecule has 0 heterocycles. The van der Waals surface area contributed by atoms with E-state index in [1.165, 1.54) is 0 Å². The summed E-state index contributed by atoms with van der Waals surface area (Å²) in [5, 5.41) is 10.8. The van der Waals surface area contributed by atoms with Gasteiger partial charge in [0.1, 0.15) is 0 Å². The average molecular weight is 391 g/mol. The minimum absolute atomic E-state index is 0.0666. The lowest BCUT2D eigenvalue weighted by atomic mass is 10.0. The maximum Gasteiger partial charge on any atom is 0.230 e. The molecule has 28 heavy (non-hydrogen) atoms. The van der Waals surface area contributed by atoms with Gasteiger partial charge in [-0.25, -0.2) is 0 Å². The maximum absolute atomic E-state index is 12.4. The van der Waals surface area contributed by atoms with E-state index in [1.807, 2.05) is 48.5 Å². The van der Waals surface area contributed by atoms with Gasteiger partial charge < -0.3 is 16.0 Å². The van der Waals surface area contributed by atoms with Crippen molar-refractivity contribution in [2.24, 2.45) is 0 Å². The van der Waals surface area contributed by atoms with Crippen LogP contribution in [-0.4, -0.2) is 16.9 Å². The van der Waals surface area contributed by atoms with Gasteiger partial charge in [-0.1, -0.05) is 55.5 Å². The summed E-state index contributed by atoms with van der Waals surface area (Å²) in [6, 6.07) is 21.0. The van der Waals surface area contributed by atoms with Crippen molar-refractivity contribution in [3.8, 4) is 0 Å². The van der Waals surface area contributed by atoms with Gasteiger partial charge in [0.05, 0.1) is 6.42 Å². The second-order valence-corrected chi connectivity index (χ2v) is 6.71. The number of benzene rings is 3. The fourth-order valence-corrected chi connectivity index (χ4v) is 3.11. The van der Waals surface area contributed by atoms with Crippen molar-refractivity contribution >= 4 is 51.3 Å². The van der Waals surface area contributed by atoms with Crippen LogP contribution in [0.15, 0.2) is 66.7 Å². The number of fused-ring (bicyclic) bond motifs is 1. The molecular weight excluding hydrogens is 370 g/mol. The average Bonchev–Trinajstić information content (AvgIpc) is 2.68. The molecule has 0 aliphatic heterocycles. The van der Waals surface area contributed by atoms with Crippen molar-refractivity contribution in [2.45, 2.75) is 19.8 Å². The van der Waals surface area contributed by atoms with Crippen molar-refractivity contribution in [3.05, 3.63) is 72.3 Å². The number of rotatable bonds is 5. The minimum atomic E-state index is -0.190. The van der Waals surface area contributed by atoms with E-state index in [2.05, 4.69) is 16.0 Å². The summed E-state index contributed by atoms with van der Waals surface area (Å²) in [4.78, 5) is 23.9. The van der Waals surface area contributed by atoms with Crippen molar-refractivity contribution < 1.29 is 9.59 Å². The molecule has 0 saturated heterocycles. The van der Waals surface area contributed by atoms with E-state index in [9.17, 15) is 9.59 Å². The Hall–Kier alpha value is -3.25. The van der Waals surface area contributed by atoms with Crippen LogP contribution < -0.4 is 16.0 Å². The van der Waals surface area contributed by atoms with Crippen molar-refractivity contribution in [1.82, 2.24) is 5.32 Å². The molecule has 0 aliphatic rings. The zero-order valence-electron chi connectivity index (χ0n) is 15.5. The summed E-state index contributed by atoms with van der Waals surface area (Å²) in [7, 11) is 0. The number of hydrogen-bond donors (Lipinski definition) is 3. The highest BCUT2D eigenvalue weighted by atomic mass is 32.1. The molecular formula is C22H21N3O2S. The number of nitrogens with one attached hydrogen (secondary N) is 3. The normalized spacial score (nSPS) is 10.3. The third-order valence-electron chi connectivity index (χ3n) is 4.21. The van der Waals surface area contributed by atoms with E-state index in [-0.39, 0.29) is 23.3 Å². The molecule has 3 aromatic rings. The summed E-state index contributed by atoms with van der Waals surface area (Å²) < 4.78 is 0. The maximum atomic E-state index is 12.4. The lowest BCUT2D eigenvalue weighted by Crippen LogP contribution is -2.35. The van der Waals surface area contributed by atoms with Gasteiger partial charge in [-0.15, -0.1) is 0 Å². The predicted octanol–water partition coefficient (Wildman–Crippen LogP) is 4.24. The van der Waals surface area contributed by atoms with Crippen LogP contribution in [0.1, 0.15) is 18.9 Å². The van der Waals surface area contributed by atoms with Gasteiger partial charge >= 0.3 is 0 Å². The van der Waals surface area contributed by atoms with E-state index in [4.69, 9.17) is 12.2 Å². The number of carbonyl (C=O) groups excluding carboxylic acids is 2. The third kappa shape index (κ3) is 5.14.